The molecule has 0 aliphatic carbocycles. The van der Waals surface area contributed by atoms with Crippen molar-refractivity contribution in [2.75, 3.05) is 16.4 Å². The summed E-state index contributed by atoms with van der Waals surface area (Å²) in [5.41, 5.74) is 3.59. The number of para-hydroxylation sites is 1. The lowest BCUT2D eigenvalue weighted by Gasteiger charge is -2.08. The zero-order chi connectivity index (χ0) is 21.7. The molecule has 156 valence electrons. The Labute approximate surface area is 184 Å². The van der Waals surface area contributed by atoms with Crippen LogP contribution in [0, 0.1) is 13.8 Å². The standard InChI is InChI=1S/C21H22ClN5O2S/c1-13-8-9-15(10-14(13)2)23-19(28)11-18-25-26-21(27(18)3)30-12-20(29)24-17-7-5-4-6-16(17)22/h4-10H,11-12H2,1-3H3,(H,23,28)(H,24,29). The number of aromatic nitrogens is 3. The molecule has 0 radical (unpaired) electrons. The van der Waals surface area contributed by atoms with Crippen LogP contribution in [0.4, 0.5) is 11.4 Å². The van der Waals surface area contributed by atoms with Gasteiger partial charge in [0.15, 0.2) is 5.16 Å². The zero-order valence-corrected chi connectivity index (χ0v) is 18.5. The van der Waals surface area contributed by atoms with Crippen molar-refractivity contribution in [3.8, 4) is 0 Å². The first-order valence-corrected chi connectivity index (χ1v) is 10.6. The van der Waals surface area contributed by atoms with Crippen molar-refractivity contribution in [3.05, 3.63) is 64.4 Å². The highest BCUT2D eigenvalue weighted by molar-refractivity contribution is 7.99. The maximum absolute atomic E-state index is 12.4. The fraction of sp³-hybridized carbons (Fsp3) is 0.238. The minimum atomic E-state index is -0.204. The fourth-order valence-corrected chi connectivity index (χ4v) is 3.58. The third kappa shape index (κ3) is 5.61. The van der Waals surface area contributed by atoms with E-state index in [1.165, 1.54) is 17.3 Å². The maximum atomic E-state index is 12.4. The molecule has 2 amide bonds. The van der Waals surface area contributed by atoms with Crippen LogP contribution < -0.4 is 10.6 Å². The summed E-state index contributed by atoms with van der Waals surface area (Å²) in [7, 11) is 1.77. The lowest BCUT2D eigenvalue weighted by Crippen LogP contribution is -2.17. The summed E-state index contributed by atoms with van der Waals surface area (Å²) < 4.78 is 1.72. The summed E-state index contributed by atoms with van der Waals surface area (Å²) in [5, 5.41) is 14.8. The topological polar surface area (TPSA) is 88.9 Å². The Bertz CT molecular complexity index is 1080. The first-order valence-electron chi connectivity index (χ1n) is 9.26. The summed E-state index contributed by atoms with van der Waals surface area (Å²) in [4.78, 5) is 24.5. The van der Waals surface area contributed by atoms with Crippen molar-refractivity contribution in [1.29, 1.82) is 0 Å². The third-order valence-corrected chi connectivity index (χ3v) is 5.86. The number of hydrogen-bond acceptors (Lipinski definition) is 5. The number of carbonyl (C=O) groups is 2. The van der Waals surface area contributed by atoms with Crippen molar-refractivity contribution in [1.82, 2.24) is 14.8 Å². The number of nitrogens with one attached hydrogen (secondary N) is 2. The van der Waals surface area contributed by atoms with Crippen LogP contribution in [0.5, 0.6) is 0 Å². The predicted octanol–water partition coefficient (Wildman–Crippen LogP) is 4.00. The Morgan fingerprint density at radius 2 is 1.80 bits per heavy atom. The van der Waals surface area contributed by atoms with Gasteiger partial charge in [-0.3, -0.25) is 9.59 Å². The van der Waals surface area contributed by atoms with Gasteiger partial charge < -0.3 is 15.2 Å². The van der Waals surface area contributed by atoms with Crippen LogP contribution in [-0.4, -0.2) is 32.3 Å². The largest absolute Gasteiger partial charge is 0.326 e. The van der Waals surface area contributed by atoms with Crippen LogP contribution in [0.15, 0.2) is 47.6 Å². The van der Waals surface area contributed by atoms with Gasteiger partial charge in [-0.2, -0.15) is 0 Å². The number of nitrogens with zero attached hydrogens (tertiary/aromatic N) is 3. The second-order valence-corrected chi connectivity index (χ2v) is 8.15. The van der Waals surface area contributed by atoms with E-state index < -0.39 is 0 Å². The van der Waals surface area contributed by atoms with Crippen LogP contribution in [0.2, 0.25) is 5.02 Å². The average molecular weight is 444 g/mol. The molecule has 0 saturated heterocycles. The van der Waals surface area contributed by atoms with Crippen molar-refractivity contribution >= 4 is 46.6 Å². The van der Waals surface area contributed by atoms with E-state index in [4.69, 9.17) is 11.6 Å². The lowest BCUT2D eigenvalue weighted by atomic mass is 10.1. The maximum Gasteiger partial charge on any atom is 0.234 e. The number of benzene rings is 2. The Morgan fingerprint density at radius 1 is 1.03 bits per heavy atom. The van der Waals surface area contributed by atoms with Crippen LogP contribution in [0.1, 0.15) is 17.0 Å². The Morgan fingerprint density at radius 3 is 2.53 bits per heavy atom. The second-order valence-electron chi connectivity index (χ2n) is 6.80. The van der Waals surface area contributed by atoms with Crippen LogP contribution in [0.3, 0.4) is 0 Å². The third-order valence-electron chi connectivity index (χ3n) is 4.51. The fourth-order valence-electron chi connectivity index (χ4n) is 2.67. The van der Waals surface area contributed by atoms with E-state index in [0.717, 1.165) is 11.3 Å². The highest BCUT2D eigenvalue weighted by atomic mass is 35.5. The Hall–Kier alpha value is -2.84. The normalized spacial score (nSPS) is 10.7. The van der Waals surface area contributed by atoms with Crippen LogP contribution in [-0.2, 0) is 23.1 Å². The first-order chi connectivity index (χ1) is 14.3. The Balaban J connectivity index is 1.55. The lowest BCUT2D eigenvalue weighted by molar-refractivity contribution is -0.116. The first kappa shape index (κ1) is 21.9. The number of halogens is 1. The summed E-state index contributed by atoms with van der Waals surface area (Å²) in [5.74, 6) is 0.281. The molecule has 3 rings (SSSR count). The molecular weight excluding hydrogens is 422 g/mol. The summed E-state index contributed by atoms with van der Waals surface area (Å²) in [6.45, 7) is 4.02. The number of hydrogen-bond donors (Lipinski definition) is 2. The highest BCUT2D eigenvalue weighted by Gasteiger charge is 2.15. The summed E-state index contributed by atoms with van der Waals surface area (Å²) in [6, 6.07) is 12.8. The Kier molecular flexibility index (Phi) is 7.12. The van der Waals surface area contributed by atoms with Crippen molar-refractivity contribution < 1.29 is 9.59 Å². The van der Waals surface area contributed by atoms with Crippen molar-refractivity contribution in [2.45, 2.75) is 25.4 Å². The van der Waals surface area contributed by atoms with Crippen molar-refractivity contribution in [2.24, 2.45) is 7.05 Å². The number of aryl methyl sites for hydroxylation is 2. The quantitative estimate of drug-likeness (QED) is 0.539. The molecule has 0 aliphatic rings. The molecule has 9 heteroatoms. The number of thioether (sulfide) groups is 1. The van der Waals surface area contributed by atoms with E-state index in [1.54, 1.807) is 35.9 Å². The summed E-state index contributed by atoms with van der Waals surface area (Å²) in [6.07, 6.45) is 0.0861. The molecule has 0 fully saturated rings. The van der Waals surface area contributed by atoms with Gasteiger partial charge >= 0.3 is 0 Å². The van der Waals surface area contributed by atoms with E-state index in [-0.39, 0.29) is 24.0 Å². The van der Waals surface area contributed by atoms with E-state index in [0.29, 0.717) is 21.7 Å². The molecule has 1 aromatic heterocycles. The highest BCUT2D eigenvalue weighted by Crippen LogP contribution is 2.22. The molecule has 2 aromatic carbocycles. The van der Waals surface area contributed by atoms with Gasteiger partial charge in [0, 0.05) is 12.7 Å². The molecule has 0 unspecified atom stereocenters. The van der Waals surface area contributed by atoms with Gasteiger partial charge in [0.25, 0.3) is 0 Å². The molecule has 0 aliphatic heterocycles. The summed E-state index contributed by atoms with van der Waals surface area (Å²) >= 11 is 7.29. The molecule has 30 heavy (non-hydrogen) atoms. The SMILES string of the molecule is Cc1ccc(NC(=O)Cc2nnc(SCC(=O)Nc3ccccc3Cl)n2C)cc1C. The smallest absolute Gasteiger partial charge is 0.234 e. The van der Waals surface area contributed by atoms with Gasteiger partial charge in [-0.05, 0) is 49.2 Å². The predicted molar refractivity (Wildman–Crippen MR) is 120 cm³/mol. The van der Waals surface area contributed by atoms with Gasteiger partial charge in [-0.15, -0.1) is 10.2 Å². The molecule has 3 aromatic rings. The molecule has 2 N–H and O–H groups in total. The minimum absolute atomic E-state index is 0.0861. The van der Waals surface area contributed by atoms with Crippen molar-refractivity contribution in [3.63, 3.8) is 0 Å². The zero-order valence-electron chi connectivity index (χ0n) is 16.9. The van der Waals surface area contributed by atoms with E-state index in [9.17, 15) is 9.59 Å². The molecule has 7 nitrogen and oxygen atoms in total. The number of anilines is 2. The second kappa shape index (κ2) is 9.77. The molecule has 0 atom stereocenters. The monoisotopic (exact) mass is 443 g/mol. The van der Waals surface area contributed by atoms with Crippen LogP contribution >= 0.6 is 23.4 Å². The number of carbonyl (C=O) groups excluding carboxylic acids is 2. The van der Waals surface area contributed by atoms with Gasteiger partial charge in [-0.1, -0.05) is 41.6 Å². The van der Waals surface area contributed by atoms with E-state index in [1.807, 2.05) is 32.0 Å². The van der Waals surface area contributed by atoms with E-state index in [2.05, 4.69) is 20.8 Å². The molecule has 0 saturated carbocycles. The van der Waals surface area contributed by atoms with Crippen LogP contribution in [0.25, 0.3) is 0 Å². The number of rotatable bonds is 7. The molecular formula is C21H22ClN5O2S. The molecule has 1 heterocycles. The minimum Gasteiger partial charge on any atom is -0.326 e. The molecule has 0 bridgehead atoms. The van der Waals surface area contributed by atoms with Gasteiger partial charge in [-0.25, -0.2) is 0 Å². The van der Waals surface area contributed by atoms with Gasteiger partial charge in [0.05, 0.1) is 22.9 Å². The van der Waals surface area contributed by atoms with Gasteiger partial charge in [0.1, 0.15) is 5.82 Å². The molecule has 0 spiro atoms. The van der Waals surface area contributed by atoms with Gasteiger partial charge in [0.2, 0.25) is 11.8 Å². The number of amides is 2. The average Bonchev–Trinajstić information content (AvgIpc) is 3.04. The van der Waals surface area contributed by atoms with E-state index >= 15 is 0 Å².